The summed E-state index contributed by atoms with van der Waals surface area (Å²) in [5.41, 5.74) is 6.06. The maximum absolute atomic E-state index is 5.49. The van der Waals surface area contributed by atoms with Gasteiger partial charge in [0.25, 0.3) is 0 Å². The standard InChI is InChI=1S/C13H20N4S/c1-8-3-4-10(9(2)5-8)17-12-7-15-11(6-16-12)13(14)18/h6-10H,3-5H2,1-2H3,(H2,14,18)(H,16,17). The number of rotatable bonds is 3. The highest BCUT2D eigenvalue weighted by atomic mass is 32.1. The van der Waals surface area contributed by atoms with Crippen LogP contribution < -0.4 is 11.1 Å². The minimum atomic E-state index is 0.286. The fraction of sp³-hybridized carbons (Fsp3) is 0.615. The van der Waals surface area contributed by atoms with Crippen molar-refractivity contribution in [3.05, 3.63) is 18.1 Å². The molecular weight excluding hydrogens is 244 g/mol. The Morgan fingerprint density at radius 1 is 1.33 bits per heavy atom. The maximum atomic E-state index is 5.49. The number of anilines is 1. The van der Waals surface area contributed by atoms with E-state index in [1.54, 1.807) is 12.4 Å². The van der Waals surface area contributed by atoms with E-state index in [1.807, 2.05) is 0 Å². The minimum absolute atomic E-state index is 0.286. The molecule has 1 aromatic rings. The molecule has 1 saturated carbocycles. The second kappa shape index (κ2) is 5.61. The summed E-state index contributed by atoms with van der Waals surface area (Å²) >= 11 is 4.85. The normalized spacial score (nSPS) is 27.8. The molecule has 3 N–H and O–H groups in total. The van der Waals surface area contributed by atoms with E-state index in [0.29, 0.717) is 17.7 Å². The van der Waals surface area contributed by atoms with E-state index in [2.05, 4.69) is 29.1 Å². The van der Waals surface area contributed by atoms with Crippen LogP contribution in [0.1, 0.15) is 38.8 Å². The van der Waals surface area contributed by atoms with Crippen molar-refractivity contribution < 1.29 is 0 Å². The number of nitrogens with one attached hydrogen (secondary N) is 1. The van der Waals surface area contributed by atoms with Gasteiger partial charge in [0, 0.05) is 6.04 Å². The van der Waals surface area contributed by atoms with Crippen LogP contribution in [0.15, 0.2) is 12.4 Å². The predicted molar refractivity (Wildman–Crippen MR) is 77.5 cm³/mol. The largest absolute Gasteiger partial charge is 0.388 e. The van der Waals surface area contributed by atoms with Crippen LogP contribution in [0.4, 0.5) is 5.82 Å². The second-order valence-corrected chi connectivity index (χ2v) is 5.74. The Kier molecular flexibility index (Phi) is 4.11. The van der Waals surface area contributed by atoms with Crippen molar-refractivity contribution in [1.29, 1.82) is 0 Å². The molecule has 0 radical (unpaired) electrons. The van der Waals surface area contributed by atoms with Gasteiger partial charge in [0.1, 0.15) is 16.5 Å². The van der Waals surface area contributed by atoms with E-state index in [4.69, 9.17) is 18.0 Å². The van der Waals surface area contributed by atoms with E-state index in [1.165, 1.54) is 19.3 Å². The van der Waals surface area contributed by atoms with Crippen molar-refractivity contribution in [1.82, 2.24) is 9.97 Å². The van der Waals surface area contributed by atoms with Gasteiger partial charge in [-0.25, -0.2) is 9.97 Å². The SMILES string of the molecule is CC1CCC(Nc2cnc(C(N)=S)cn2)C(C)C1. The van der Waals surface area contributed by atoms with Gasteiger partial charge in [0.2, 0.25) is 0 Å². The molecule has 98 valence electrons. The fourth-order valence-electron chi connectivity index (χ4n) is 2.60. The lowest BCUT2D eigenvalue weighted by Crippen LogP contribution is -2.33. The third kappa shape index (κ3) is 3.16. The van der Waals surface area contributed by atoms with Gasteiger partial charge in [-0.05, 0) is 31.1 Å². The van der Waals surface area contributed by atoms with Gasteiger partial charge in [-0.2, -0.15) is 0 Å². The van der Waals surface area contributed by atoms with E-state index in [-0.39, 0.29) is 4.99 Å². The first-order valence-electron chi connectivity index (χ1n) is 6.44. The van der Waals surface area contributed by atoms with Crippen LogP contribution in [0.25, 0.3) is 0 Å². The van der Waals surface area contributed by atoms with Crippen LogP contribution in [0.2, 0.25) is 0 Å². The lowest BCUT2D eigenvalue weighted by Gasteiger charge is -2.33. The highest BCUT2D eigenvalue weighted by Crippen LogP contribution is 2.30. The Labute approximate surface area is 113 Å². The molecule has 1 aliphatic rings. The molecule has 1 fully saturated rings. The molecule has 0 spiro atoms. The van der Waals surface area contributed by atoms with Crippen molar-refractivity contribution >= 4 is 23.0 Å². The molecule has 1 aliphatic carbocycles. The zero-order valence-corrected chi connectivity index (χ0v) is 11.7. The number of hydrogen-bond donors (Lipinski definition) is 2. The average molecular weight is 264 g/mol. The molecular formula is C13H20N4S. The molecule has 2 rings (SSSR count). The molecule has 0 aliphatic heterocycles. The molecule has 5 heteroatoms. The smallest absolute Gasteiger partial charge is 0.144 e. The molecule has 0 saturated heterocycles. The number of thiocarbonyl (C=S) groups is 1. The van der Waals surface area contributed by atoms with Crippen LogP contribution in [-0.2, 0) is 0 Å². The van der Waals surface area contributed by atoms with Gasteiger partial charge in [-0.3, -0.25) is 0 Å². The van der Waals surface area contributed by atoms with Crippen molar-refractivity contribution in [3.63, 3.8) is 0 Å². The monoisotopic (exact) mass is 264 g/mol. The summed E-state index contributed by atoms with van der Waals surface area (Å²) in [6, 6.07) is 0.492. The lowest BCUT2D eigenvalue weighted by molar-refractivity contribution is 0.276. The number of hydrogen-bond acceptors (Lipinski definition) is 4. The highest BCUT2D eigenvalue weighted by molar-refractivity contribution is 7.80. The lowest BCUT2D eigenvalue weighted by atomic mass is 9.80. The Morgan fingerprint density at radius 2 is 2.11 bits per heavy atom. The summed E-state index contributed by atoms with van der Waals surface area (Å²) in [6.45, 7) is 4.62. The van der Waals surface area contributed by atoms with Gasteiger partial charge in [0.15, 0.2) is 0 Å². The zero-order valence-electron chi connectivity index (χ0n) is 10.9. The summed E-state index contributed by atoms with van der Waals surface area (Å²) in [7, 11) is 0. The number of aromatic nitrogens is 2. The fourth-order valence-corrected chi connectivity index (χ4v) is 2.70. The molecule has 18 heavy (non-hydrogen) atoms. The van der Waals surface area contributed by atoms with Crippen molar-refractivity contribution in [2.45, 2.75) is 39.2 Å². The summed E-state index contributed by atoms with van der Waals surface area (Å²) in [5, 5.41) is 3.46. The third-order valence-corrected chi connectivity index (χ3v) is 3.88. The Bertz CT molecular complexity index is 418. The quantitative estimate of drug-likeness (QED) is 0.820. The van der Waals surface area contributed by atoms with Crippen LogP contribution in [0, 0.1) is 11.8 Å². The third-order valence-electron chi connectivity index (χ3n) is 3.67. The predicted octanol–water partition coefficient (Wildman–Crippen LogP) is 2.35. The highest BCUT2D eigenvalue weighted by Gasteiger charge is 2.25. The van der Waals surface area contributed by atoms with Crippen LogP contribution in [0.3, 0.4) is 0 Å². The van der Waals surface area contributed by atoms with Gasteiger partial charge in [0.05, 0.1) is 12.4 Å². The minimum Gasteiger partial charge on any atom is -0.388 e. The first-order chi connectivity index (χ1) is 8.56. The van der Waals surface area contributed by atoms with Crippen molar-refractivity contribution in [2.24, 2.45) is 17.6 Å². The Morgan fingerprint density at radius 3 is 2.67 bits per heavy atom. The van der Waals surface area contributed by atoms with E-state index in [0.717, 1.165) is 11.7 Å². The zero-order chi connectivity index (χ0) is 13.1. The summed E-state index contributed by atoms with van der Waals surface area (Å²) in [4.78, 5) is 8.78. The topological polar surface area (TPSA) is 63.8 Å². The first-order valence-corrected chi connectivity index (χ1v) is 6.85. The van der Waals surface area contributed by atoms with Crippen LogP contribution >= 0.6 is 12.2 Å². The maximum Gasteiger partial charge on any atom is 0.144 e. The summed E-state index contributed by atoms with van der Waals surface area (Å²) in [5.74, 6) is 2.31. The summed E-state index contributed by atoms with van der Waals surface area (Å²) < 4.78 is 0. The number of nitrogens with two attached hydrogens (primary N) is 1. The van der Waals surface area contributed by atoms with E-state index >= 15 is 0 Å². The molecule has 0 amide bonds. The molecule has 1 aromatic heterocycles. The van der Waals surface area contributed by atoms with E-state index < -0.39 is 0 Å². The van der Waals surface area contributed by atoms with Gasteiger partial charge in [-0.1, -0.05) is 26.1 Å². The molecule has 1 heterocycles. The van der Waals surface area contributed by atoms with Gasteiger partial charge >= 0.3 is 0 Å². The molecule has 3 unspecified atom stereocenters. The Hall–Kier alpha value is -1.23. The first kappa shape index (κ1) is 13.2. The molecule has 3 atom stereocenters. The average Bonchev–Trinajstić information content (AvgIpc) is 2.33. The van der Waals surface area contributed by atoms with Crippen LogP contribution in [-0.4, -0.2) is 21.0 Å². The van der Waals surface area contributed by atoms with Crippen molar-refractivity contribution in [2.75, 3.05) is 5.32 Å². The Balaban J connectivity index is 1.99. The van der Waals surface area contributed by atoms with Crippen molar-refractivity contribution in [3.8, 4) is 0 Å². The molecule has 4 nitrogen and oxygen atoms in total. The molecule has 0 aromatic carbocycles. The van der Waals surface area contributed by atoms with Gasteiger partial charge < -0.3 is 11.1 Å². The van der Waals surface area contributed by atoms with Gasteiger partial charge in [-0.15, -0.1) is 0 Å². The second-order valence-electron chi connectivity index (χ2n) is 5.30. The van der Waals surface area contributed by atoms with E-state index in [9.17, 15) is 0 Å². The molecule has 0 bridgehead atoms. The van der Waals surface area contributed by atoms with Crippen LogP contribution in [0.5, 0.6) is 0 Å². The number of nitrogens with zero attached hydrogens (tertiary/aromatic N) is 2. The summed E-state index contributed by atoms with van der Waals surface area (Å²) in [6.07, 6.45) is 7.08.